The summed E-state index contributed by atoms with van der Waals surface area (Å²) in [5, 5.41) is 0. The monoisotopic (exact) mass is 326 g/mol. The molecule has 24 heavy (non-hydrogen) atoms. The quantitative estimate of drug-likeness (QED) is 0.867. The smallest absolute Gasteiger partial charge is 0.128 e. The SMILES string of the molecule is Cn1cccc1CN1CCC2(CC1)CN(c1ccccn1)CCO2. The molecular formula is C19H26N4O. The maximum absolute atomic E-state index is 6.26. The van der Waals surface area contributed by atoms with Crippen LogP contribution in [0.3, 0.4) is 0 Å². The van der Waals surface area contributed by atoms with Crippen LogP contribution in [0.15, 0.2) is 42.7 Å². The number of morpholine rings is 1. The van der Waals surface area contributed by atoms with Gasteiger partial charge in [0.2, 0.25) is 0 Å². The van der Waals surface area contributed by atoms with E-state index in [1.165, 1.54) is 5.69 Å². The van der Waals surface area contributed by atoms with Crippen LogP contribution in [0.2, 0.25) is 0 Å². The van der Waals surface area contributed by atoms with Gasteiger partial charge in [0.05, 0.1) is 12.2 Å². The van der Waals surface area contributed by atoms with Gasteiger partial charge in [0.15, 0.2) is 0 Å². The first-order valence-electron chi connectivity index (χ1n) is 8.87. The molecule has 0 bridgehead atoms. The molecule has 0 aromatic carbocycles. The van der Waals surface area contributed by atoms with Crippen LogP contribution in [-0.4, -0.2) is 52.8 Å². The number of piperidine rings is 1. The molecule has 1 spiro atoms. The van der Waals surface area contributed by atoms with E-state index in [4.69, 9.17) is 4.74 Å². The van der Waals surface area contributed by atoms with Gasteiger partial charge in [0, 0.05) is 57.9 Å². The standard InChI is InChI=1S/C19H26N4O/c1-21-10-4-5-17(21)15-22-11-7-19(8-12-22)16-23(13-14-24-19)18-6-2-3-9-20-18/h2-6,9-10H,7-8,11-16H2,1H3. The number of nitrogens with zero attached hydrogens (tertiary/aromatic N) is 4. The van der Waals surface area contributed by atoms with Crippen LogP contribution >= 0.6 is 0 Å². The molecule has 4 heterocycles. The third kappa shape index (κ3) is 3.19. The molecule has 2 aliphatic heterocycles. The van der Waals surface area contributed by atoms with E-state index in [9.17, 15) is 0 Å². The topological polar surface area (TPSA) is 33.5 Å². The van der Waals surface area contributed by atoms with Crippen LogP contribution in [-0.2, 0) is 18.3 Å². The molecule has 2 aromatic rings. The molecule has 2 aliphatic rings. The van der Waals surface area contributed by atoms with E-state index in [1.54, 1.807) is 0 Å². The molecule has 2 aromatic heterocycles. The average molecular weight is 326 g/mol. The fourth-order valence-electron chi connectivity index (χ4n) is 3.89. The zero-order valence-electron chi connectivity index (χ0n) is 14.4. The first-order valence-corrected chi connectivity index (χ1v) is 8.87. The summed E-state index contributed by atoms with van der Waals surface area (Å²) >= 11 is 0. The van der Waals surface area contributed by atoms with Crippen LogP contribution in [0.5, 0.6) is 0 Å². The van der Waals surface area contributed by atoms with Gasteiger partial charge in [-0.25, -0.2) is 4.98 Å². The molecule has 0 saturated carbocycles. The number of rotatable bonds is 3. The van der Waals surface area contributed by atoms with Gasteiger partial charge in [0.25, 0.3) is 0 Å². The Hall–Kier alpha value is -1.85. The van der Waals surface area contributed by atoms with Gasteiger partial charge in [0.1, 0.15) is 5.82 Å². The third-order valence-corrected chi connectivity index (χ3v) is 5.43. The molecular weight excluding hydrogens is 300 g/mol. The Morgan fingerprint density at radius 3 is 2.71 bits per heavy atom. The molecule has 4 rings (SSSR count). The van der Waals surface area contributed by atoms with E-state index in [2.05, 4.69) is 56.9 Å². The van der Waals surface area contributed by atoms with Gasteiger partial charge in [-0.3, -0.25) is 4.90 Å². The summed E-state index contributed by atoms with van der Waals surface area (Å²) < 4.78 is 8.48. The highest BCUT2D eigenvalue weighted by Crippen LogP contribution is 2.32. The molecule has 0 unspecified atom stereocenters. The first-order chi connectivity index (χ1) is 11.7. The number of aromatic nitrogens is 2. The van der Waals surface area contributed by atoms with Gasteiger partial charge in [-0.1, -0.05) is 6.07 Å². The summed E-state index contributed by atoms with van der Waals surface area (Å²) in [6.45, 7) is 5.92. The second-order valence-electron chi connectivity index (χ2n) is 7.03. The maximum atomic E-state index is 6.26. The molecule has 2 saturated heterocycles. The number of hydrogen-bond donors (Lipinski definition) is 0. The second kappa shape index (κ2) is 6.57. The van der Waals surface area contributed by atoms with Crippen LogP contribution in [0.4, 0.5) is 5.82 Å². The molecule has 0 radical (unpaired) electrons. The van der Waals surface area contributed by atoms with Crippen molar-refractivity contribution in [2.75, 3.05) is 37.7 Å². The lowest BCUT2D eigenvalue weighted by Gasteiger charge is -2.47. The summed E-state index contributed by atoms with van der Waals surface area (Å²) in [7, 11) is 2.12. The Balaban J connectivity index is 1.38. The largest absolute Gasteiger partial charge is 0.371 e. The predicted octanol–water partition coefficient (Wildman–Crippen LogP) is 2.29. The van der Waals surface area contributed by atoms with Crippen LogP contribution < -0.4 is 4.90 Å². The van der Waals surface area contributed by atoms with E-state index in [-0.39, 0.29) is 5.60 Å². The summed E-state index contributed by atoms with van der Waals surface area (Å²) in [4.78, 5) is 9.44. The lowest BCUT2D eigenvalue weighted by atomic mass is 9.89. The van der Waals surface area contributed by atoms with Gasteiger partial charge in [-0.2, -0.15) is 0 Å². The lowest BCUT2D eigenvalue weighted by molar-refractivity contribution is -0.0924. The maximum Gasteiger partial charge on any atom is 0.128 e. The molecule has 128 valence electrons. The van der Waals surface area contributed by atoms with Crippen molar-refractivity contribution in [1.29, 1.82) is 0 Å². The van der Waals surface area contributed by atoms with Crippen molar-refractivity contribution in [1.82, 2.24) is 14.5 Å². The summed E-state index contributed by atoms with van der Waals surface area (Å²) in [5.41, 5.74) is 1.38. The number of ether oxygens (including phenoxy) is 1. The zero-order valence-corrected chi connectivity index (χ0v) is 14.4. The van der Waals surface area contributed by atoms with E-state index in [1.807, 2.05) is 12.3 Å². The first kappa shape index (κ1) is 15.7. The van der Waals surface area contributed by atoms with Crippen molar-refractivity contribution < 1.29 is 4.74 Å². The van der Waals surface area contributed by atoms with Crippen LogP contribution in [0.25, 0.3) is 0 Å². The molecule has 5 heteroatoms. The normalized spacial score (nSPS) is 21.3. The van der Waals surface area contributed by atoms with Gasteiger partial charge in [-0.05, 0) is 37.1 Å². The number of pyridine rings is 1. The highest BCUT2D eigenvalue weighted by Gasteiger charge is 2.40. The molecule has 0 atom stereocenters. The minimum absolute atomic E-state index is 0.000476. The van der Waals surface area contributed by atoms with Crippen molar-refractivity contribution in [3.63, 3.8) is 0 Å². The van der Waals surface area contributed by atoms with E-state index in [0.29, 0.717) is 0 Å². The number of anilines is 1. The van der Waals surface area contributed by atoms with Gasteiger partial charge < -0.3 is 14.2 Å². The van der Waals surface area contributed by atoms with E-state index in [0.717, 1.165) is 58.0 Å². The fourth-order valence-corrected chi connectivity index (χ4v) is 3.89. The summed E-state index contributed by atoms with van der Waals surface area (Å²) in [6.07, 6.45) is 6.19. The summed E-state index contributed by atoms with van der Waals surface area (Å²) in [6, 6.07) is 10.5. The van der Waals surface area contributed by atoms with E-state index >= 15 is 0 Å². The number of aryl methyl sites for hydroxylation is 1. The van der Waals surface area contributed by atoms with Crippen LogP contribution in [0.1, 0.15) is 18.5 Å². The molecule has 0 aliphatic carbocycles. The zero-order chi connectivity index (χ0) is 16.4. The molecule has 5 nitrogen and oxygen atoms in total. The van der Waals surface area contributed by atoms with Gasteiger partial charge >= 0.3 is 0 Å². The predicted molar refractivity (Wildman–Crippen MR) is 95.1 cm³/mol. The Labute approximate surface area is 143 Å². The Morgan fingerprint density at radius 1 is 1.12 bits per heavy atom. The fraction of sp³-hybridized carbons (Fsp3) is 0.526. The van der Waals surface area contributed by atoms with Crippen molar-refractivity contribution >= 4 is 5.82 Å². The van der Waals surface area contributed by atoms with Crippen molar-refractivity contribution in [2.45, 2.75) is 25.0 Å². The molecule has 2 fully saturated rings. The minimum atomic E-state index is 0.000476. The van der Waals surface area contributed by atoms with Crippen molar-refractivity contribution in [3.05, 3.63) is 48.4 Å². The Morgan fingerprint density at radius 2 is 2.00 bits per heavy atom. The number of hydrogen-bond acceptors (Lipinski definition) is 4. The highest BCUT2D eigenvalue weighted by molar-refractivity contribution is 5.39. The minimum Gasteiger partial charge on any atom is -0.371 e. The second-order valence-corrected chi connectivity index (χ2v) is 7.03. The Bertz CT molecular complexity index is 661. The summed E-state index contributed by atoms with van der Waals surface area (Å²) in [5.74, 6) is 1.08. The van der Waals surface area contributed by atoms with Crippen LogP contribution in [0, 0.1) is 0 Å². The number of likely N-dealkylation sites (tertiary alicyclic amines) is 1. The highest BCUT2D eigenvalue weighted by atomic mass is 16.5. The third-order valence-electron chi connectivity index (χ3n) is 5.43. The molecule has 0 N–H and O–H groups in total. The van der Waals surface area contributed by atoms with Gasteiger partial charge in [-0.15, -0.1) is 0 Å². The Kier molecular flexibility index (Phi) is 4.29. The average Bonchev–Trinajstić information content (AvgIpc) is 3.03. The molecule has 0 amide bonds. The van der Waals surface area contributed by atoms with E-state index < -0.39 is 0 Å². The van der Waals surface area contributed by atoms with Crippen molar-refractivity contribution in [3.8, 4) is 0 Å². The van der Waals surface area contributed by atoms with Crippen molar-refractivity contribution in [2.24, 2.45) is 7.05 Å². The lowest BCUT2D eigenvalue weighted by Crippen LogP contribution is -2.57.